The van der Waals surface area contributed by atoms with Crippen molar-refractivity contribution in [1.82, 2.24) is 4.98 Å². The lowest BCUT2D eigenvalue weighted by Gasteiger charge is -2.15. The lowest BCUT2D eigenvalue weighted by Crippen LogP contribution is -2.17. The van der Waals surface area contributed by atoms with Crippen molar-refractivity contribution in [3.8, 4) is 0 Å². The number of hydrogen-bond acceptors (Lipinski definition) is 2. The molecule has 9 heteroatoms. The van der Waals surface area contributed by atoms with Gasteiger partial charge in [0.2, 0.25) is 0 Å². The molecule has 0 radical (unpaired) electrons. The fourth-order valence-electron chi connectivity index (χ4n) is 1.79. The van der Waals surface area contributed by atoms with Gasteiger partial charge < -0.3 is 5.73 Å². The zero-order chi connectivity index (χ0) is 16.7. The van der Waals surface area contributed by atoms with Crippen molar-refractivity contribution in [1.29, 1.82) is 0 Å². The highest BCUT2D eigenvalue weighted by Gasteiger charge is 2.36. The summed E-state index contributed by atoms with van der Waals surface area (Å²) in [5, 5.41) is -0.812. The minimum absolute atomic E-state index is 0.216. The Balaban J connectivity index is 2.45. The topological polar surface area (TPSA) is 38.9 Å². The minimum Gasteiger partial charge on any atom is -0.320 e. The van der Waals surface area contributed by atoms with E-state index in [1.807, 2.05) is 0 Å². The van der Waals surface area contributed by atoms with E-state index in [-0.39, 0.29) is 11.1 Å². The molecule has 1 aromatic heterocycles. The van der Waals surface area contributed by atoms with Gasteiger partial charge in [0, 0.05) is 11.8 Å². The summed E-state index contributed by atoms with van der Waals surface area (Å²) in [7, 11) is 0. The van der Waals surface area contributed by atoms with E-state index in [0.717, 1.165) is 12.1 Å². The lowest BCUT2D eigenvalue weighted by atomic mass is 10.00. The Hall–Kier alpha value is -1.80. The van der Waals surface area contributed by atoms with Crippen LogP contribution in [0.5, 0.6) is 0 Å². The second-order valence-electron chi connectivity index (χ2n) is 4.34. The normalized spacial score (nSPS) is 13.3. The number of hydrogen-bond donors (Lipinski definition) is 1. The molecule has 0 spiro atoms. The summed E-state index contributed by atoms with van der Waals surface area (Å²) in [6.07, 6.45) is -4.29. The van der Waals surface area contributed by atoms with Crippen LogP contribution in [0.15, 0.2) is 24.4 Å². The molecule has 0 aliphatic carbocycles. The average molecular weight is 341 g/mol. The zero-order valence-electron chi connectivity index (χ0n) is 10.6. The highest BCUT2D eigenvalue weighted by Crippen LogP contribution is 2.32. The molecule has 0 aliphatic heterocycles. The third kappa shape index (κ3) is 3.02. The van der Waals surface area contributed by atoms with E-state index in [9.17, 15) is 26.3 Å². The molecule has 2 rings (SSSR count). The molecule has 1 heterocycles. The molecule has 0 fully saturated rings. The number of aromatic nitrogens is 1. The van der Waals surface area contributed by atoms with Crippen molar-refractivity contribution in [2.75, 3.05) is 0 Å². The van der Waals surface area contributed by atoms with Gasteiger partial charge in [-0.2, -0.15) is 13.2 Å². The van der Waals surface area contributed by atoms with Crippen LogP contribution < -0.4 is 5.73 Å². The van der Waals surface area contributed by atoms with Crippen LogP contribution in [-0.2, 0) is 6.18 Å². The Morgan fingerprint density at radius 2 is 1.73 bits per heavy atom. The largest absolute Gasteiger partial charge is 0.436 e. The van der Waals surface area contributed by atoms with Gasteiger partial charge in [-0.25, -0.2) is 18.2 Å². The first-order valence-electron chi connectivity index (χ1n) is 5.74. The molecule has 2 aromatic rings. The smallest absolute Gasteiger partial charge is 0.320 e. The Labute approximate surface area is 125 Å². The molecular weight excluding hydrogens is 334 g/mol. The Bertz CT molecular complexity index is 716. The first-order valence-corrected chi connectivity index (χ1v) is 6.12. The molecule has 0 saturated heterocycles. The summed E-state index contributed by atoms with van der Waals surface area (Å²) in [6.45, 7) is 0. The number of halogens is 7. The lowest BCUT2D eigenvalue weighted by molar-refractivity contribution is -0.143. The molecule has 2 N–H and O–H groups in total. The average Bonchev–Trinajstić information content (AvgIpc) is 2.43. The molecule has 0 saturated carbocycles. The van der Waals surface area contributed by atoms with Gasteiger partial charge in [0.15, 0.2) is 11.5 Å². The molecule has 1 atom stereocenters. The predicted octanol–water partition coefficient (Wildman–Crippen LogP) is 4.22. The summed E-state index contributed by atoms with van der Waals surface area (Å²) >= 11 is 5.39. The number of nitrogens with two attached hydrogens (primary N) is 1. The second-order valence-corrected chi connectivity index (χ2v) is 4.72. The van der Waals surface area contributed by atoms with Crippen molar-refractivity contribution < 1.29 is 26.3 Å². The fraction of sp³-hybridized carbons (Fsp3) is 0.154. The third-order valence-electron chi connectivity index (χ3n) is 2.89. The van der Waals surface area contributed by atoms with Crippen molar-refractivity contribution >= 4 is 11.6 Å². The van der Waals surface area contributed by atoms with Crippen LogP contribution in [0.1, 0.15) is 22.9 Å². The maximum absolute atomic E-state index is 13.8. The number of pyridine rings is 1. The molecular formula is C13H7ClF6N2. The van der Waals surface area contributed by atoms with E-state index >= 15 is 0 Å². The summed E-state index contributed by atoms with van der Waals surface area (Å²) in [6, 6.07) is 0.949. The summed E-state index contributed by atoms with van der Waals surface area (Å²) in [4.78, 5) is 2.96. The van der Waals surface area contributed by atoms with Crippen LogP contribution in [-0.4, -0.2) is 4.98 Å². The number of benzene rings is 1. The molecule has 2 nitrogen and oxygen atoms in total. The third-order valence-corrected chi connectivity index (χ3v) is 3.24. The molecule has 22 heavy (non-hydrogen) atoms. The van der Waals surface area contributed by atoms with Crippen molar-refractivity contribution in [2.24, 2.45) is 5.73 Å². The monoisotopic (exact) mass is 340 g/mol. The molecule has 1 aromatic carbocycles. The summed E-state index contributed by atoms with van der Waals surface area (Å²) in [5.41, 5.74) is 3.43. The first kappa shape index (κ1) is 16.6. The van der Waals surface area contributed by atoms with Gasteiger partial charge in [-0.1, -0.05) is 17.7 Å². The minimum atomic E-state index is -4.96. The van der Waals surface area contributed by atoms with Gasteiger partial charge in [-0.05, 0) is 17.7 Å². The molecule has 0 aliphatic rings. The second kappa shape index (κ2) is 5.77. The van der Waals surface area contributed by atoms with E-state index < -0.39 is 40.4 Å². The van der Waals surface area contributed by atoms with E-state index in [2.05, 4.69) is 4.98 Å². The van der Waals surface area contributed by atoms with Gasteiger partial charge in [0.1, 0.15) is 16.7 Å². The van der Waals surface area contributed by atoms with Crippen LogP contribution in [0.3, 0.4) is 0 Å². The SMILES string of the molecule is NC(c1cnc(C(F)(F)F)c(F)c1)c1ccc(F)c(Cl)c1F. The Kier molecular flexibility index (Phi) is 4.35. The molecule has 118 valence electrons. The standard InChI is InChI=1S/C13H7ClF6N2/c14-9-7(15)2-1-6(10(9)17)11(21)5-3-8(16)12(22-4-5)13(18,19)20/h1-4,11H,21H2. The van der Waals surface area contributed by atoms with Crippen LogP contribution in [0.4, 0.5) is 26.3 Å². The van der Waals surface area contributed by atoms with Crippen LogP contribution in [0.2, 0.25) is 5.02 Å². The highest BCUT2D eigenvalue weighted by atomic mass is 35.5. The van der Waals surface area contributed by atoms with Gasteiger partial charge in [-0.15, -0.1) is 0 Å². The van der Waals surface area contributed by atoms with Crippen molar-refractivity contribution in [2.45, 2.75) is 12.2 Å². The first-order chi connectivity index (χ1) is 10.1. The quantitative estimate of drug-likeness (QED) is 0.656. The molecule has 0 amide bonds. The maximum atomic E-state index is 13.8. The zero-order valence-corrected chi connectivity index (χ0v) is 11.3. The highest BCUT2D eigenvalue weighted by molar-refractivity contribution is 6.30. The predicted molar refractivity (Wildman–Crippen MR) is 66.6 cm³/mol. The van der Waals surface area contributed by atoms with Gasteiger partial charge in [0.25, 0.3) is 0 Å². The summed E-state index contributed by atoms with van der Waals surface area (Å²) in [5.74, 6) is -3.84. The Morgan fingerprint density at radius 3 is 2.27 bits per heavy atom. The van der Waals surface area contributed by atoms with Crippen LogP contribution >= 0.6 is 11.6 Å². The van der Waals surface area contributed by atoms with E-state index in [4.69, 9.17) is 17.3 Å². The van der Waals surface area contributed by atoms with Crippen LogP contribution in [0.25, 0.3) is 0 Å². The fourth-order valence-corrected chi connectivity index (χ4v) is 1.96. The summed E-state index contributed by atoms with van der Waals surface area (Å²) < 4.78 is 77.6. The van der Waals surface area contributed by atoms with Crippen molar-refractivity contribution in [3.05, 3.63) is 63.7 Å². The van der Waals surface area contributed by atoms with E-state index in [0.29, 0.717) is 12.3 Å². The number of alkyl halides is 3. The van der Waals surface area contributed by atoms with Gasteiger partial charge in [-0.3, -0.25) is 0 Å². The maximum Gasteiger partial charge on any atom is 0.436 e. The van der Waals surface area contributed by atoms with Crippen molar-refractivity contribution in [3.63, 3.8) is 0 Å². The molecule has 1 unspecified atom stereocenters. The number of rotatable bonds is 2. The number of nitrogens with zero attached hydrogens (tertiary/aromatic N) is 1. The van der Waals surface area contributed by atoms with E-state index in [1.165, 1.54) is 0 Å². The Morgan fingerprint density at radius 1 is 1.09 bits per heavy atom. The van der Waals surface area contributed by atoms with E-state index in [1.54, 1.807) is 0 Å². The van der Waals surface area contributed by atoms with Gasteiger partial charge in [0.05, 0.1) is 6.04 Å². The molecule has 0 bridgehead atoms. The van der Waals surface area contributed by atoms with Crippen LogP contribution in [0, 0.1) is 17.5 Å². The van der Waals surface area contributed by atoms with Gasteiger partial charge >= 0.3 is 6.18 Å².